The van der Waals surface area contributed by atoms with Crippen molar-refractivity contribution in [2.75, 3.05) is 13.2 Å². The second-order valence-electron chi connectivity index (χ2n) is 5.22. The van der Waals surface area contributed by atoms with E-state index in [1.807, 2.05) is 6.08 Å². The van der Waals surface area contributed by atoms with E-state index in [1.165, 1.54) is 38.5 Å². The van der Waals surface area contributed by atoms with Crippen molar-refractivity contribution >= 4 is 0 Å². The molecular formula is C14H26O2. The van der Waals surface area contributed by atoms with Crippen LogP contribution in [0.1, 0.15) is 44.9 Å². The second-order valence-corrected chi connectivity index (χ2v) is 5.22. The Morgan fingerprint density at radius 3 is 2.12 bits per heavy atom. The average Bonchev–Trinajstić information content (AvgIpc) is 2.33. The Morgan fingerprint density at radius 2 is 1.62 bits per heavy atom. The van der Waals surface area contributed by atoms with E-state index in [9.17, 15) is 0 Å². The first-order valence-corrected chi connectivity index (χ1v) is 6.62. The largest absolute Gasteiger partial charge is 0.396 e. The molecule has 1 saturated carbocycles. The number of allylic oxidation sites excluding steroid dienone is 1. The summed E-state index contributed by atoms with van der Waals surface area (Å²) in [5.74, 6) is 1.78. The van der Waals surface area contributed by atoms with E-state index >= 15 is 0 Å². The van der Waals surface area contributed by atoms with Crippen LogP contribution < -0.4 is 0 Å². The third-order valence-electron chi connectivity index (χ3n) is 3.97. The molecule has 0 unspecified atom stereocenters. The molecular weight excluding hydrogens is 200 g/mol. The maximum atomic E-state index is 9.00. The van der Waals surface area contributed by atoms with Gasteiger partial charge < -0.3 is 10.2 Å². The van der Waals surface area contributed by atoms with Crippen molar-refractivity contribution in [2.45, 2.75) is 44.9 Å². The van der Waals surface area contributed by atoms with Crippen LogP contribution in [-0.2, 0) is 0 Å². The Bertz CT molecular complexity index is 179. The first-order valence-electron chi connectivity index (χ1n) is 6.62. The van der Waals surface area contributed by atoms with Gasteiger partial charge in [0.15, 0.2) is 0 Å². The predicted octanol–water partition coefficient (Wildman–Crippen LogP) is 2.75. The van der Waals surface area contributed by atoms with Crippen molar-refractivity contribution in [3.8, 4) is 0 Å². The Labute approximate surface area is 99.4 Å². The predicted molar refractivity (Wildman–Crippen MR) is 67.2 cm³/mol. The number of rotatable bonds is 7. The highest BCUT2D eigenvalue weighted by Crippen LogP contribution is 2.33. The van der Waals surface area contributed by atoms with E-state index in [4.69, 9.17) is 10.2 Å². The van der Waals surface area contributed by atoms with Gasteiger partial charge in [-0.1, -0.05) is 25.3 Å². The van der Waals surface area contributed by atoms with Crippen LogP contribution in [0.4, 0.5) is 0 Å². The van der Waals surface area contributed by atoms with Crippen LogP contribution in [0.15, 0.2) is 12.7 Å². The lowest BCUT2D eigenvalue weighted by atomic mass is 9.78. The third-order valence-corrected chi connectivity index (χ3v) is 3.97. The molecule has 0 atom stereocenters. The Kier molecular flexibility index (Phi) is 6.74. The zero-order valence-electron chi connectivity index (χ0n) is 10.3. The molecule has 0 radical (unpaired) electrons. The van der Waals surface area contributed by atoms with Crippen molar-refractivity contribution in [2.24, 2.45) is 17.8 Å². The lowest BCUT2D eigenvalue weighted by molar-refractivity contribution is 0.133. The molecule has 0 spiro atoms. The van der Waals surface area contributed by atoms with Gasteiger partial charge in [-0.25, -0.2) is 0 Å². The van der Waals surface area contributed by atoms with Gasteiger partial charge in [0.05, 0.1) is 0 Å². The summed E-state index contributed by atoms with van der Waals surface area (Å²) in [7, 11) is 0. The minimum absolute atomic E-state index is 0.103. The van der Waals surface area contributed by atoms with Crippen LogP contribution >= 0.6 is 0 Å². The topological polar surface area (TPSA) is 40.5 Å². The van der Waals surface area contributed by atoms with Crippen LogP contribution in [0.3, 0.4) is 0 Å². The van der Waals surface area contributed by atoms with E-state index in [1.54, 1.807) is 0 Å². The van der Waals surface area contributed by atoms with Crippen molar-refractivity contribution < 1.29 is 10.2 Å². The van der Waals surface area contributed by atoms with Crippen molar-refractivity contribution in [1.29, 1.82) is 0 Å². The van der Waals surface area contributed by atoms with Crippen LogP contribution in [0.2, 0.25) is 0 Å². The molecule has 0 aromatic carbocycles. The lowest BCUT2D eigenvalue weighted by Gasteiger charge is -2.28. The van der Waals surface area contributed by atoms with Crippen LogP contribution in [0, 0.1) is 17.8 Å². The summed E-state index contributed by atoms with van der Waals surface area (Å²) < 4.78 is 0. The normalized spacial score (nSPS) is 25.9. The minimum Gasteiger partial charge on any atom is -0.396 e. The molecule has 0 heterocycles. The zero-order chi connectivity index (χ0) is 11.8. The number of aliphatic hydroxyl groups is 2. The molecule has 0 bridgehead atoms. The second kappa shape index (κ2) is 7.86. The van der Waals surface area contributed by atoms with Gasteiger partial charge in [0.1, 0.15) is 0 Å². The van der Waals surface area contributed by atoms with E-state index in [0.717, 1.165) is 18.3 Å². The van der Waals surface area contributed by atoms with Gasteiger partial charge in [-0.15, -0.1) is 6.58 Å². The van der Waals surface area contributed by atoms with Gasteiger partial charge in [0, 0.05) is 19.1 Å². The van der Waals surface area contributed by atoms with Crippen LogP contribution in [0.25, 0.3) is 0 Å². The minimum atomic E-state index is 0.103. The summed E-state index contributed by atoms with van der Waals surface area (Å²) in [6, 6.07) is 0. The van der Waals surface area contributed by atoms with E-state index in [0.29, 0.717) is 0 Å². The fourth-order valence-electron chi connectivity index (χ4n) is 2.70. The van der Waals surface area contributed by atoms with E-state index in [2.05, 4.69) is 6.58 Å². The van der Waals surface area contributed by atoms with Crippen molar-refractivity contribution in [1.82, 2.24) is 0 Å². The molecule has 2 heteroatoms. The highest BCUT2D eigenvalue weighted by Gasteiger charge is 2.20. The van der Waals surface area contributed by atoms with Gasteiger partial charge in [0.25, 0.3) is 0 Å². The molecule has 2 nitrogen and oxygen atoms in total. The van der Waals surface area contributed by atoms with E-state index in [-0.39, 0.29) is 19.1 Å². The summed E-state index contributed by atoms with van der Waals surface area (Å²) in [5.41, 5.74) is 0. The maximum Gasteiger partial charge on any atom is 0.0481 e. The Hall–Kier alpha value is -0.340. The molecule has 1 aliphatic carbocycles. The molecule has 94 valence electrons. The molecule has 16 heavy (non-hydrogen) atoms. The maximum absolute atomic E-state index is 9.00. The molecule has 1 fully saturated rings. The standard InChI is InChI=1S/C14H26O2/c1-2-3-12-4-6-13(7-5-12)8-9-14(10-15)11-16/h2,12-16H,1,3-11H2. The molecule has 0 saturated heterocycles. The molecule has 0 aliphatic heterocycles. The van der Waals surface area contributed by atoms with E-state index < -0.39 is 0 Å². The van der Waals surface area contributed by atoms with Crippen molar-refractivity contribution in [3.05, 3.63) is 12.7 Å². The first kappa shape index (κ1) is 13.7. The van der Waals surface area contributed by atoms with Gasteiger partial charge in [-0.05, 0) is 37.5 Å². The Morgan fingerprint density at radius 1 is 1.06 bits per heavy atom. The summed E-state index contributed by atoms with van der Waals surface area (Å²) >= 11 is 0. The third kappa shape index (κ3) is 4.67. The van der Waals surface area contributed by atoms with Crippen LogP contribution in [0.5, 0.6) is 0 Å². The molecule has 0 aromatic rings. The summed E-state index contributed by atoms with van der Waals surface area (Å²) in [4.78, 5) is 0. The molecule has 1 aliphatic rings. The molecule has 0 amide bonds. The summed E-state index contributed by atoms with van der Waals surface area (Å²) in [6.07, 6.45) is 10.7. The highest BCUT2D eigenvalue weighted by atomic mass is 16.3. The fourth-order valence-corrected chi connectivity index (χ4v) is 2.70. The SMILES string of the molecule is C=CCC1CCC(CCC(CO)CO)CC1. The lowest BCUT2D eigenvalue weighted by Crippen LogP contribution is -2.17. The van der Waals surface area contributed by atoms with Gasteiger partial charge in [-0.3, -0.25) is 0 Å². The smallest absolute Gasteiger partial charge is 0.0481 e. The average molecular weight is 226 g/mol. The van der Waals surface area contributed by atoms with Gasteiger partial charge in [-0.2, -0.15) is 0 Å². The highest BCUT2D eigenvalue weighted by molar-refractivity contribution is 4.79. The molecule has 1 rings (SSSR count). The molecule has 0 aromatic heterocycles. The van der Waals surface area contributed by atoms with Gasteiger partial charge >= 0.3 is 0 Å². The van der Waals surface area contributed by atoms with Crippen LogP contribution in [-0.4, -0.2) is 23.4 Å². The number of hydrogen-bond donors (Lipinski definition) is 2. The zero-order valence-corrected chi connectivity index (χ0v) is 10.3. The summed E-state index contributed by atoms with van der Waals surface area (Å²) in [5, 5.41) is 18.0. The van der Waals surface area contributed by atoms with Crippen molar-refractivity contribution in [3.63, 3.8) is 0 Å². The fraction of sp³-hybridized carbons (Fsp3) is 0.857. The number of hydrogen-bond acceptors (Lipinski definition) is 2. The first-order chi connectivity index (χ1) is 7.80. The number of aliphatic hydroxyl groups excluding tert-OH is 2. The quantitative estimate of drug-likeness (QED) is 0.655. The van der Waals surface area contributed by atoms with Gasteiger partial charge in [0.2, 0.25) is 0 Å². The summed E-state index contributed by atoms with van der Waals surface area (Å²) in [6.45, 7) is 4.05. The monoisotopic (exact) mass is 226 g/mol. The molecule has 2 N–H and O–H groups in total. The Balaban J connectivity index is 2.14.